The molecule has 1 saturated heterocycles. The monoisotopic (exact) mass is 444 g/mol. The molecule has 5 rings (SSSR count). The van der Waals surface area contributed by atoms with Gasteiger partial charge < -0.3 is 19.1 Å². The van der Waals surface area contributed by atoms with Crippen molar-refractivity contribution in [1.82, 2.24) is 14.4 Å². The molecule has 0 N–H and O–H groups in total. The van der Waals surface area contributed by atoms with Crippen molar-refractivity contribution in [1.29, 1.82) is 0 Å². The maximum absolute atomic E-state index is 13.4. The Bertz CT molecular complexity index is 1120. The maximum Gasteiger partial charge on any atom is 0.270 e. The van der Waals surface area contributed by atoms with Gasteiger partial charge in [0.15, 0.2) is 0 Å². The summed E-state index contributed by atoms with van der Waals surface area (Å²) in [5, 5.41) is 0. The van der Waals surface area contributed by atoms with Gasteiger partial charge in [-0.3, -0.25) is 9.69 Å². The lowest BCUT2D eigenvalue weighted by atomic mass is 10.1. The summed E-state index contributed by atoms with van der Waals surface area (Å²) >= 11 is 0. The van der Waals surface area contributed by atoms with Gasteiger partial charge >= 0.3 is 0 Å². The van der Waals surface area contributed by atoms with Crippen LogP contribution in [-0.4, -0.2) is 60.1 Å². The predicted octanol–water partition coefficient (Wildman–Crippen LogP) is 3.55. The predicted molar refractivity (Wildman–Crippen MR) is 131 cm³/mol. The van der Waals surface area contributed by atoms with Crippen molar-refractivity contribution < 1.29 is 9.53 Å². The van der Waals surface area contributed by atoms with Crippen molar-refractivity contribution in [2.45, 2.75) is 19.5 Å². The summed E-state index contributed by atoms with van der Waals surface area (Å²) in [4.78, 5) is 20.2. The first-order chi connectivity index (χ1) is 16.1. The SMILES string of the molecule is COc1ccccc1N1CCN(C(=O)c2cc3c(n2C)CCN(Cc2ccccc2)C3)CC1. The van der Waals surface area contributed by atoms with Crippen molar-refractivity contribution in [3.8, 4) is 5.75 Å². The number of carbonyl (C=O) groups is 1. The molecule has 0 saturated carbocycles. The Kier molecular flexibility index (Phi) is 6.09. The third-order valence-corrected chi connectivity index (χ3v) is 6.97. The van der Waals surface area contributed by atoms with Gasteiger partial charge in [-0.15, -0.1) is 0 Å². The number of aromatic nitrogens is 1. The number of methoxy groups -OCH3 is 1. The number of fused-ring (bicyclic) bond motifs is 1. The van der Waals surface area contributed by atoms with E-state index in [4.69, 9.17) is 4.74 Å². The van der Waals surface area contributed by atoms with Crippen molar-refractivity contribution in [2.75, 3.05) is 44.7 Å². The van der Waals surface area contributed by atoms with Crippen LogP contribution in [0.1, 0.15) is 27.3 Å². The maximum atomic E-state index is 13.4. The molecule has 3 heterocycles. The molecule has 1 fully saturated rings. The number of anilines is 1. The van der Waals surface area contributed by atoms with Crippen LogP contribution in [-0.2, 0) is 26.6 Å². The fourth-order valence-electron chi connectivity index (χ4n) is 5.14. The number of hydrogen-bond acceptors (Lipinski definition) is 4. The number of ether oxygens (including phenoxy) is 1. The van der Waals surface area contributed by atoms with Gasteiger partial charge in [0, 0.05) is 65.0 Å². The van der Waals surface area contributed by atoms with Crippen LogP contribution in [0.5, 0.6) is 5.75 Å². The van der Waals surface area contributed by atoms with Gasteiger partial charge in [0.05, 0.1) is 12.8 Å². The highest BCUT2D eigenvalue weighted by Crippen LogP contribution is 2.29. The minimum Gasteiger partial charge on any atom is -0.495 e. The number of nitrogens with zero attached hydrogens (tertiary/aromatic N) is 4. The number of amides is 1. The lowest BCUT2D eigenvalue weighted by Crippen LogP contribution is -2.49. The van der Waals surface area contributed by atoms with Crippen LogP contribution in [0.2, 0.25) is 0 Å². The van der Waals surface area contributed by atoms with Gasteiger partial charge in [0.25, 0.3) is 5.91 Å². The first-order valence-electron chi connectivity index (χ1n) is 11.7. The zero-order valence-electron chi connectivity index (χ0n) is 19.5. The van der Waals surface area contributed by atoms with Crippen LogP contribution in [0.25, 0.3) is 0 Å². The normalized spacial score (nSPS) is 16.5. The van der Waals surface area contributed by atoms with E-state index in [1.165, 1.54) is 16.8 Å². The second-order valence-electron chi connectivity index (χ2n) is 8.96. The van der Waals surface area contributed by atoms with Gasteiger partial charge in [-0.2, -0.15) is 0 Å². The van der Waals surface area contributed by atoms with Crippen molar-refractivity contribution >= 4 is 11.6 Å². The summed E-state index contributed by atoms with van der Waals surface area (Å²) in [7, 11) is 3.75. The van der Waals surface area contributed by atoms with Crippen LogP contribution >= 0.6 is 0 Å². The van der Waals surface area contributed by atoms with E-state index in [0.29, 0.717) is 13.1 Å². The second-order valence-corrected chi connectivity index (χ2v) is 8.96. The topological polar surface area (TPSA) is 41.0 Å². The van der Waals surface area contributed by atoms with Crippen LogP contribution in [0, 0.1) is 0 Å². The quantitative estimate of drug-likeness (QED) is 0.604. The van der Waals surface area contributed by atoms with Gasteiger partial charge in [0.1, 0.15) is 11.4 Å². The summed E-state index contributed by atoms with van der Waals surface area (Å²) in [5.74, 6) is 1.02. The van der Waals surface area contributed by atoms with Crippen LogP contribution < -0.4 is 9.64 Å². The molecule has 1 aromatic heterocycles. The fourth-order valence-corrected chi connectivity index (χ4v) is 5.14. The van der Waals surface area contributed by atoms with Gasteiger partial charge in [0.2, 0.25) is 0 Å². The van der Waals surface area contributed by atoms with Crippen molar-refractivity contribution in [3.63, 3.8) is 0 Å². The molecular weight excluding hydrogens is 412 g/mol. The largest absolute Gasteiger partial charge is 0.495 e. The van der Waals surface area contributed by atoms with E-state index < -0.39 is 0 Å². The smallest absolute Gasteiger partial charge is 0.270 e. The zero-order chi connectivity index (χ0) is 22.8. The molecule has 2 aromatic carbocycles. The Morgan fingerprint density at radius 1 is 0.939 bits per heavy atom. The molecule has 2 aliphatic heterocycles. The molecule has 0 spiro atoms. The minimum atomic E-state index is 0.140. The number of hydrogen-bond donors (Lipinski definition) is 0. The van der Waals surface area contributed by atoms with E-state index in [-0.39, 0.29) is 5.91 Å². The Labute approximate surface area is 196 Å². The highest BCUT2D eigenvalue weighted by Gasteiger charge is 2.28. The standard InChI is InChI=1S/C27H32N4O2/c1-28-23-12-13-29(19-21-8-4-3-5-9-21)20-22(23)18-25(28)27(32)31-16-14-30(15-17-31)24-10-6-7-11-26(24)33-2/h3-11,18H,12-17,19-20H2,1-2H3. The average molecular weight is 445 g/mol. The minimum absolute atomic E-state index is 0.140. The highest BCUT2D eigenvalue weighted by molar-refractivity contribution is 5.93. The molecule has 0 aliphatic carbocycles. The van der Waals surface area contributed by atoms with Crippen LogP contribution in [0.4, 0.5) is 5.69 Å². The van der Waals surface area contributed by atoms with Gasteiger partial charge in [-0.25, -0.2) is 0 Å². The second kappa shape index (κ2) is 9.32. The zero-order valence-corrected chi connectivity index (χ0v) is 19.5. The average Bonchev–Trinajstić information content (AvgIpc) is 3.20. The highest BCUT2D eigenvalue weighted by atomic mass is 16.5. The first-order valence-corrected chi connectivity index (χ1v) is 11.7. The lowest BCUT2D eigenvalue weighted by Gasteiger charge is -2.36. The third kappa shape index (κ3) is 4.35. The summed E-state index contributed by atoms with van der Waals surface area (Å²) in [6, 6.07) is 20.8. The van der Waals surface area contributed by atoms with E-state index in [9.17, 15) is 4.79 Å². The Morgan fingerprint density at radius 3 is 2.42 bits per heavy atom. The molecule has 0 atom stereocenters. The molecule has 6 nitrogen and oxygen atoms in total. The molecular formula is C27H32N4O2. The lowest BCUT2D eigenvalue weighted by molar-refractivity contribution is 0.0736. The molecule has 0 bridgehead atoms. The number of piperazine rings is 1. The van der Waals surface area contributed by atoms with E-state index in [1.807, 2.05) is 30.1 Å². The summed E-state index contributed by atoms with van der Waals surface area (Å²) in [5.41, 5.74) is 5.83. The molecule has 33 heavy (non-hydrogen) atoms. The molecule has 6 heteroatoms. The third-order valence-electron chi connectivity index (χ3n) is 6.97. The number of carbonyl (C=O) groups excluding carboxylic acids is 1. The van der Waals surface area contributed by atoms with Gasteiger partial charge in [-0.1, -0.05) is 42.5 Å². The van der Waals surface area contributed by atoms with E-state index in [2.05, 4.69) is 56.8 Å². The van der Waals surface area contributed by atoms with Crippen molar-refractivity contribution in [3.05, 3.63) is 83.2 Å². The van der Waals surface area contributed by atoms with Crippen molar-refractivity contribution in [2.24, 2.45) is 7.05 Å². The molecule has 0 radical (unpaired) electrons. The summed E-state index contributed by atoms with van der Waals surface area (Å²) < 4.78 is 7.65. The molecule has 3 aromatic rings. The van der Waals surface area contributed by atoms with E-state index in [0.717, 1.165) is 56.3 Å². The van der Waals surface area contributed by atoms with E-state index >= 15 is 0 Å². The number of benzene rings is 2. The first kappa shape index (κ1) is 21.6. The Balaban J connectivity index is 1.25. The van der Waals surface area contributed by atoms with E-state index in [1.54, 1.807) is 7.11 Å². The number of para-hydroxylation sites is 2. The van der Waals surface area contributed by atoms with Crippen LogP contribution in [0.3, 0.4) is 0 Å². The molecule has 172 valence electrons. The molecule has 2 aliphatic rings. The fraction of sp³-hybridized carbons (Fsp3) is 0.370. The molecule has 1 amide bonds. The van der Waals surface area contributed by atoms with Crippen LogP contribution in [0.15, 0.2) is 60.7 Å². The summed E-state index contributed by atoms with van der Waals surface area (Å²) in [6.07, 6.45) is 0.980. The summed E-state index contributed by atoms with van der Waals surface area (Å²) in [6.45, 7) is 5.91. The Hall–Kier alpha value is -3.25. The Morgan fingerprint density at radius 2 is 1.67 bits per heavy atom. The number of rotatable bonds is 5. The molecule has 0 unspecified atom stereocenters. The van der Waals surface area contributed by atoms with Gasteiger partial charge in [-0.05, 0) is 29.3 Å².